The Bertz CT molecular complexity index is 1210. The summed E-state index contributed by atoms with van der Waals surface area (Å²) in [4.78, 5) is 43.0. The van der Waals surface area contributed by atoms with Crippen molar-refractivity contribution in [3.8, 4) is 0 Å². The fraction of sp³-hybridized carbons (Fsp3) is 0.517. The standard InChI is InChI=1S/C29H38FN7O3/c1-3-26(34-10-14-36(15-11-34)28-6-4-5-9-31-28)29(39)37-16-12-35(13-17-37)27-8-7-22(18-24(27)30)25-19-23(40-33-25)20-32-21(2)38/h4-9,18,23,26H,3,10-17,19-20H2,1-2H3,(H,32,38). The van der Waals surface area contributed by atoms with E-state index in [1.54, 1.807) is 6.07 Å². The molecule has 1 aromatic carbocycles. The number of nitrogens with zero attached hydrogens (tertiary/aromatic N) is 6. The number of anilines is 2. The van der Waals surface area contributed by atoms with Crippen molar-refractivity contribution in [1.82, 2.24) is 20.1 Å². The molecule has 5 rings (SSSR count). The summed E-state index contributed by atoms with van der Waals surface area (Å²) in [6, 6.07) is 10.9. The smallest absolute Gasteiger partial charge is 0.240 e. The van der Waals surface area contributed by atoms with Crippen molar-refractivity contribution in [1.29, 1.82) is 0 Å². The average Bonchev–Trinajstić information content (AvgIpc) is 3.47. The average molecular weight is 552 g/mol. The first kappa shape index (κ1) is 27.8. The second-order valence-electron chi connectivity index (χ2n) is 10.5. The number of amides is 2. The maximum absolute atomic E-state index is 15.2. The van der Waals surface area contributed by atoms with Gasteiger partial charge in [-0.05, 0) is 30.7 Å². The van der Waals surface area contributed by atoms with Crippen molar-refractivity contribution < 1.29 is 18.8 Å². The van der Waals surface area contributed by atoms with Crippen LogP contribution in [0.25, 0.3) is 0 Å². The third kappa shape index (κ3) is 6.35. The molecular weight excluding hydrogens is 513 g/mol. The zero-order valence-electron chi connectivity index (χ0n) is 23.3. The van der Waals surface area contributed by atoms with Gasteiger partial charge in [-0.3, -0.25) is 14.5 Å². The summed E-state index contributed by atoms with van der Waals surface area (Å²) in [5.74, 6) is 0.701. The number of piperazine rings is 2. The van der Waals surface area contributed by atoms with Crippen molar-refractivity contribution in [3.63, 3.8) is 0 Å². The molecule has 1 N–H and O–H groups in total. The SMILES string of the molecule is CCC(C(=O)N1CCN(c2ccc(C3=NOC(CNC(C)=O)C3)cc2F)CC1)N1CCN(c2ccccn2)CC1. The number of rotatable bonds is 8. The summed E-state index contributed by atoms with van der Waals surface area (Å²) in [6.07, 6.45) is 2.84. The lowest BCUT2D eigenvalue weighted by Crippen LogP contribution is -2.58. The van der Waals surface area contributed by atoms with E-state index >= 15 is 4.39 Å². The molecule has 2 aromatic rings. The highest BCUT2D eigenvalue weighted by molar-refractivity contribution is 6.01. The van der Waals surface area contributed by atoms with Gasteiger partial charge >= 0.3 is 0 Å². The van der Waals surface area contributed by atoms with Crippen LogP contribution in [0.3, 0.4) is 0 Å². The van der Waals surface area contributed by atoms with E-state index in [0.29, 0.717) is 56.1 Å². The maximum Gasteiger partial charge on any atom is 0.240 e. The van der Waals surface area contributed by atoms with Gasteiger partial charge in [0.1, 0.15) is 17.7 Å². The van der Waals surface area contributed by atoms with E-state index in [-0.39, 0.29) is 29.8 Å². The molecule has 2 saturated heterocycles. The molecule has 0 spiro atoms. The van der Waals surface area contributed by atoms with Gasteiger partial charge in [0, 0.05) is 77.5 Å². The summed E-state index contributed by atoms with van der Waals surface area (Å²) in [7, 11) is 0. The lowest BCUT2D eigenvalue weighted by molar-refractivity contribution is -0.137. The Labute approximate surface area is 234 Å². The number of carbonyl (C=O) groups is 2. The zero-order valence-corrected chi connectivity index (χ0v) is 23.3. The molecule has 3 aliphatic rings. The van der Waals surface area contributed by atoms with Gasteiger partial charge in [0.2, 0.25) is 11.8 Å². The lowest BCUT2D eigenvalue weighted by Gasteiger charge is -2.42. The van der Waals surface area contributed by atoms with E-state index in [1.807, 2.05) is 40.3 Å². The van der Waals surface area contributed by atoms with E-state index < -0.39 is 0 Å². The maximum atomic E-state index is 15.2. The normalized spacial score (nSPS) is 20.6. The number of carbonyl (C=O) groups excluding carboxylic acids is 2. The van der Waals surface area contributed by atoms with Crippen LogP contribution in [-0.2, 0) is 14.4 Å². The number of benzene rings is 1. The zero-order chi connectivity index (χ0) is 28.1. The lowest BCUT2D eigenvalue weighted by atomic mass is 10.0. The molecule has 11 heteroatoms. The molecular formula is C29H38FN7O3. The largest absolute Gasteiger partial charge is 0.390 e. The predicted molar refractivity (Wildman–Crippen MR) is 152 cm³/mol. The predicted octanol–water partition coefficient (Wildman–Crippen LogP) is 2.10. The molecule has 3 aliphatic heterocycles. The van der Waals surface area contributed by atoms with Crippen LogP contribution in [0.2, 0.25) is 0 Å². The molecule has 4 heterocycles. The van der Waals surface area contributed by atoms with E-state index in [2.05, 4.69) is 32.2 Å². The van der Waals surface area contributed by atoms with Gasteiger partial charge in [-0.15, -0.1) is 0 Å². The molecule has 2 atom stereocenters. The fourth-order valence-electron chi connectivity index (χ4n) is 5.68. The molecule has 0 saturated carbocycles. The second-order valence-corrected chi connectivity index (χ2v) is 10.5. The number of halogens is 1. The summed E-state index contributed by atoms with van der Waals surface area (Å²) in [5, 5.41) is 6.81. The fourth-order valence-corrected chi connectivity index (χ4v) is 5.68. The Morgan fingerprint density at radius 2 is 1.80 bits per heavy atom. The first-order valence-electron chi connectivity index (χ1n) is 14.1. The van der Waals surface area contributed by atoms with Crippen LogP contribution in [0.1, 0.15) is 32.3 Å². The van der Waals surface area contributed by atoms with Gasteiger partial charge in [0.15, 0.2) is 0 Å². The van der Waals surface area contributed by atoms with E-state index in [0.717, 1.165) is 38.4 Å². The number of nitrogens with one attached hydrogen (secondary N) is 1. The minimum absolute atomic E-state index is 0.126. The first-order chi connectivity index (χ1) is 19.4. The van der Waals surface area contributed by atoms with Gasteiger partial charge in [0.05, 0.1) is 24.0 Å². The number of aromatic nitrogens is 1. The van der Waals surface area contributed by atoms with E-state index in [4.69, 9.17) is 4.84 Å². The molecule has 40 heavy (non-hydrogen) atoms. The van der Waals surface area contributed by atoms with Crippen LogP contribution < -0.4 is 15.1 Å². The third-order valence-electron chi connectivity index (χ3n) is 7.92. The number of pyridine rings is 1. The minimum atomic E-state index is -0.317. The Kier molecular flexibility index (Phi) is 8.78. The van der Waals surface area contributed by atoms with Crippen LogP contribution in [0, 0.1) is 5.82 Å². The Hall–Kier alpha value is -3.73. The van der Waals surface area contributed by atoms with Crippen LogP contribution in [0.5, 0.6) is 0 Å². The topological polar surface area (TPSA) is 93.6 Å². The molecule has 214 valence electrons. The summed E-state index contributed by atoms with van der Waals surface area (Å²) in [6.45, 7) is 9.51. The molecule has 1 aromatic heterocycles. The second kappa shape index (κ2) is 12.6. The molecule has 2 amide bonds. The van der Waals surface area contributed by atoms with Crippen molar-refractivity contribution in [2.75, 3.05) is 68.7 Å². The molecule has 10 nitrogen and oxygen atoms in total. The highest BCUT2D eigenvalue weighted by Gasteiger charge is 2.33. The molecule has 0 radical (unpaired) electrons. The first-order valence-corrected chi connectivity index (χ1v) is 14.1. The van der Waals surface area contributed by atoms with Crippen molar-refractivity contribution in [2.45, 2.75) is 38.8 Å². The van der Waals surface area contributed by atoms with Crippen molar-refractivity contribution in [3.05, 3.63) is 54.0 Å². The molecule has 0 bridgehead atoms. The van der Waals surface area contributed by atoms with Gasteiger partial charge < -0.3 is 24.9 Å². The highest BCUT2D eigenvalue weighted by atomic mass is 19.1. The highest BCUT2D eigenvalue weighted by Crippen LogP contribution is 2.25. The van der Waals surface area contributed by atoms with Crippen molar-refractivity contribution in [2.24, 2.45) is 5.16 Å². The minimum Gasteiger partial charge on any atom is -0.390 e. The monoisotopic (exact) mass is 551 g/mol. The van der Waals surface area contributed by atoms with Gasteiger partial charge in [0.25, 0.3) is 0 Å². The Morgan fingerprint density at radius 3 is 2.45 bits per heavy atom. The van der Waals surface area contributed by atoms with Crippen LogP contribution in [0.15, 0.2) is 47.8 Å². The van der Waals surface area contributed by atoms with Crippen LogP contribution in [0.4, 0.5) is 15.9 Å². The van der Waals surface area contributed by atoms with Crippen LogP contribution in [-0.4, -0.2) is 103 Å². The quantitative estimate of drug-likeness (QED) is 0.537. The van der Waals surface area contributed by atoms with Gasteiger partial charge in [-0.1, -0.05) is 24.2 Å². The third-order valence-corrected chi connectivity index (χ3v) is 7.92. The number of oxime groups is 1. The Balaban J connectivity index is 1.12. The summed E-state index contributed by atoms with van der Waals surface area (Å²) >= 11 is 0. The Morgan fingerprint density at radius 1 is 1.05 bits per heavy atom. The molecule has 0 aliphatic carbocycles. The summed E-state index contributed by atoms with van der Waals surface area (Å²) < 4.78 is 15.2. The van der Waals surface area contributed by atoms with Crippen LogP contribution >= 0.6 is 0 Å². The van der Waals surface area contributed by atoms with Crippen molar-refractivity contribution >= 4 is 29.0 Å². The molecule has 2 fully saturated rings. The van der Waals surface area contributed by atoms with E-state index in [9.17, 15) is 9.59 Å². The number of hydrogen-bond donors (Lipinski definition) is 1. The number of hydrogen-bond acceptors (Lipinski definition) is 8. The van der Waals surface area contributed by atoms with Gasteiger partial charge in [-0.25, -0.2) is 9.37 Å². The molecule has 2 unspecified atom stereocenters. The van der Waals surface area contributed by atoms with E-state index in [1.165, 1.54) is 13.0 Å². The van der Waals surface area contributed by atoms with Gasteiger partial charge in [-0.2, -0.15) is 0 Å². The summed E-state index contributed by atoms with van der Waals surface area (Å²) in [5.41, 5.74) is 1.87.